The first kappa shape index (κ1) is 14.4. The summed E-state index contributed by atoms with van der Waals surface area (Å²) in [5, 5.41) is 3.54. The highest BCUT2D eigenvalue weighted by molar-refractivity contribution is 5.48. The number of rotatable bonds is 8. The van der Waals surface area contributed by atoms with Crippen molar-refractivity contribution < 1.29 is 0 Å². The third-order valence-electron chi connectivity index (χ3n) is 4.02. The molecule has 2 nitrogen and oxygen atoms in total. The maximum atomic E-state index is 3.54. The third kappa shape index (κ3) is 4.24. The van der Waals surface area contributed by atoms with Crippen LogP contribution in [0.4, 0.5) is 5.69 Å². The highest BCUT2D eigenvalue weighted by atomic mass is 15.1. The molecule has 0 heterocycles. The summed E-state index contributed by atoms with van der Waals surface area (Å²) >= 11 is 0. The fourth-order valence-electron chi connectivity index (χ4n) is 2.48. The van der Waals surface area contributed by atoms with Crippen LogP contribution in [0, 0.1) is 5.92 Å². The number of benzene rings is 1. The summed E-state index contributed by atoms with van der Waals surface area (Å²) in [5.74, 6) is 0.949. The second kappa shape index (κ2) is 6.95. The van der Waals surface area contributed by atoms with Crippen molar-refractivity contribution in [1.29, 1.82) is 0 Å². The van der Waals surface area contributed by atoms with E-state index in [9.17, 15) is 0 Å². The van der Waals surface area contributed by atoms with Crippen LogP contribution in [0.15, 0.2) is 24.3 Å². The molecule has 1 N–H and O–H groups in total. The zero-order chi connectivity index (χ0) is 13.7. The molecule has 2 heteroatoms. The van der Waals surface area contributed by atoms with Gasteiger partial charge in [-0.25, -0.2) is 0 Å². The van der Waals surface area contributed by atoms with Crippen LogP contribution in [0.1, 0.15) is 51.6 Å². The fraction of sp³-hybridized carbons (Fsp3) is 0.647. The number of nitrogens with zero attached hydrogens (tertiary/aromatic N) is 1. The molecule has 0 radical (unpaired) electrons. The summed E-state index contributed by atoms with van der Waals surface area (Å²) in [5.41, 5.74) is 2.76. The lowest BCUT2D eigenvalue weighted by molar-refractivity contribution is 0.570. The van der Waals surface area contributed by atoms with Gasteiger partial charge in [0.15, 0.2) is 0 Å². The van der Waals surface area contributed by atoms with Gasteiger partial charge in [-0.1, -0.05) is 19.1 Å². The molecule has 2 rings (SSSR count). The zero-order valence-corrected chi connectivity index (χ0v) is 12.7. The lowest BCUT2D eigenvalue weighted by Gasteiger charge is -2.24. The Bertz CT molecular complexity index is 367. The summed E-state index contributed by atoms with van der Waals surface area (Å²) < 4.78 is 0. The Labute approximate surface area is 118 Å². The second-order valence-electron chi connectivity index (χ2n) is 5.75. The molecule has 1 atom stereocenters. The smallest absolute Gasteiger partial charge is 0.0366 e. The highest BCUT2D eigenvalue weighted by Crippen LogP contribution is 2.31. The summed E-state index contributed by atoms with van der Waals surface area (Å²) in [6, 6.07) is 9.57. The predicted octanol–water partition coefficient (Wildman–Crippen LogP) is 3.98. The largest absolute Gasteiger partial charge is 0.372 e. The van der Waals surface area contributed by atoms with E-state index in [4.69, 9.17) is 0 Å². The number of hydrogen-bond acceptors (Lipinski definition) is 2. The van der Waals surface area contributed by atoms with Gasteiger partial charge in [-0.15, -0.1) is 0 Å². The number of nitrogens with one attached hydrogen (secondary N) is 1. The van der Waals surface area contributed by atoms with Crippen molar-refractivity contribution in [1.82, 2.24) is 5.32 Å². The van der Waals surface area contributed by atoms with Crippen LogP contribution in [-0.2, 0) is 0 Å². The minimum atomic E-state index is 0.451. The topological polar surface area (TPSA) is 15.3 Å². The monoisotopic (exact) mass is 260 g/mol. The molecule has 0 bridgehead atoms. The van der Waals surface area contributed by atoms with Crippen molar-refractivity contribution in [3.8, 4) is 0 Å². The number of anilines is 1. The molecular weight excluding hydrogens is 232 g/mol. The van der Waals surface area contributed by atoms with Gasteiger partial charge in [0, 0.05) is 24.8 Å². The average molecular weight is 260 g/mol. The van der Waals surface area contributed by atoms with Crippen molar-refractivity contribution in [2.75, 3.05) is 24.5 Å². The van der Waals surface area contributed by atoms with Crippen molar-refractivity contribution >= 4 is 5.69 Å². The van der Waals surface area contributed by atoms with E-state index in [0.717, 1.165) is 19.0 Å². The molecule has 0 aromatic heterocycles. The quantitative estimate of drug-likeness (QED) is 0.760. The van der Waals surface area contributed by atoms with Crippen LogP contribution in [0.25, 0.3) is 0 Å². The summed E-state index contributed by atoms with van der Waals surface area (Å²) in [4.78, 5) is 2.51. The molecule has 0 aliphatic heterocycles. The van der Waals surface area contributed by atoms with E-state index in [1.165, 1.54) is 37.1 Å². The Morgan fingerprint density at radius 3 is 2.42 bits per heavy atom. The van der Waals surface area contributed by atoms with E-state index < -0.39 is 0 Å². The molecule has 1 aromatic carbocycles. The molecule has 1 aliphatic rings. The molecule has 0 spiro atoms. The van der Waals surface area contributed by atoms with Crippen molar-refractivity contribution in [3.05, 3.63) is 29.8 Å². The Morgan fingerprint density at radius 1 is 1.21 bits per heavy atom. The van der Waals surface area contributed by atoms with Gasteiger partial charge in [-0.05, 0) is 63.3 Å². The lowest BCUT2D eigenvalue weighted by atomic mass is 10.1. The fourth-order valence-corrected chi connectivity index (χ4v) is 2.48. The summed E-state index contributed by atoms with van der Waals surface area (Å²) in [7, 11) is 0. The van der Waals surface area contributed by atoms with E-state index in [1.54, 1.807) is 0 Å². The first-order valence-electron chi connectivity index (χ1n) is 7.82. The number of hydrogen-bond donors (Lipinski definition) is 1. The normalized spacial score (nSPS) is 16.4. The van der Waals surface area contributed by atoms with E-state index in [0.29, 0.717) is 6.04 Å². The van der Waals surface area contributed by atoms with Crippen molar-refractivity contribution in [3.63, 3.8) is 0 Å². The van der Waals surface area contributed by atoms with Gasteiger partial charge in [-0.3, -0.25) is 0 Å². The molecule has 0 amide bonds. The lowest BCUT2D eigenvalue weighted by Crippen LogP contribution is -2.25. The van der Waals surface area contributed by atoms with Gasteiger partial charge in [-0.2, -0.15) is 0 Å². The van der Waals surface area contributed by atoms with Gasteiger partial charge in [0.05, 0.1) is 0 Å². The first-order chi connectivity index (χ1) is 9.24. The predicted molar refractivity (Wildman–Crippen MR) is 83.8 cm³/mol. The first-order valence-corrected chi connectivity index (χ1v) is 7.82. The van der Waals surface area contributed by atoms with Gasteiger partial charge >= 0.3 is 0 Å². The van der Waals surface area contributed by atoms with Crippen LogP contribution in [0.3, 0.4) is 0 Å². The standard InChI is InChI=1S/C17H28N2/c1-4-12-18-14(3)16-8-10-17(11-9-16)19(5-2)13-15-6-7-15/h8-11,14-15,18H,4-7,12-13H2,1-3H3. The van der Waals surface area contributed by atoms with Crippen molar-refractivity contribution in [2.24, 2.45) is 5.92 Å². The Balaban J connectivity index is 1.95. The van der Waals surface area contributed by atoms with Crippen molar-refractivity contribution in [2.45, 2.75) is 46.1 Å². The molecule has 106 valence electrons. The second-order valence-corrected chi connectivity index (χ2v) is 5.75. The maximum absolute atomic E-state index is 3.54. The van der Waals surface area contributed by atoms with Crippen LogP contribution >= 0.6 is 0 Å². The molecule has 1 fully saturated rings. The van der Waals surface area contributed by atoms with Gasteiger partial charge < -0.3 is 10.2 Å². The van der Waals surface area contributed by atoms with Gasteiger partial charge in [0.25, 0.3) is 0 Å². The minimum Gasteiger partial charge on any atom is -0.372 e. The molecule has 1 unspecified atom stereocenters. The van der Waals surface area contributed by atoms with Crippen LogP contribution in [0.2, 0.25) is 0 Å². The van der Waals surface area contributed by atoms with Crippen LogP contribution < -0.4 is 10.2 Å². The molecule has 1 saturated carbocycles. The van der Waals surface area contributed by atoms with E-state index >= 15 is 0 Å². The molecular formula is C17H28N2. The van der Waals surface area contributed by atoms with Crippen LogP contribution in [-0.4, -0.2) is 19.6 Å². The average Bonchev–Trinajstić information content (AvgIpc) is 3.26. The van der Waals surface area contributed by atoms with E-state index in [2.05, 4.69) is 55.3 Å². The maximum Gasteiger partial charge on any atom is 0.0366 e. The third-order valence-corrected chi connectivity index (χ3v) is 4.02. The van der Waals surface area contributed by atoms with Gasteiger partial charge in [0.1, 0.15) is 0 Å². The molecule has 1 aromatic rings. The van der Waals surface area contributed by atoms with E-state index in [1.807, 2.05) is 0 Å². The Kier molecular flexibility index (Phi) is 5.26. The van der Waals surface area contributed by atoms with Crippen LogP contribution in [0.5, 0.6) is 0 Å². The molecule has 1 aliphatic carbocycles. The van der Waals surface area contributed by atoms with E-state index in [-0.39, 0.29) is 0 Å². The highest BCUT2D eigenvalue weighted by Gasteiger charge is 2.23. The Morgan fingerprint density at radius 2 is 1.89 bits per heavy atom. The Hall–Kier alpha value is -1.02. The molecule has 0 saturated heterocycles. The molecule has 19 heavy (non-hydrogen) atoms. The summed E-state index contributed by atoms with van der Waals surface area (Å²) in [6.07, 6.45) is 4.03. The minimum absolute atomic E-state index is 0.451. The van der Waals surface area contributed by atoms with Gasteiger partial charge in [0.2, 0.25) is 0 Å². The summed E-state index contributed by atoms with van der Waals surface area (Å²) in [6.45, 7) is 10.1. The SMILES string of the molecule is CCCNC(C)c1ccc(N(CC)CC2CC2)cc1. The zero-order valence-electron chi connectivity index (χ0n) is 12.7.